The molecule has 0 saturated carbocycles. The summed E-state index contributed by atoms with van der Waals surface area (Å²) < 4.78 is 5.51. The van der Waals surface area contributed by atoms with Gasteiger partial charge < -0.3 is 15.8 Å². The Morgan fingerprint density at radius 2 is 2.05 bits per heavy atom. The number of aryl methyl sites for hydroxylation is 1. The number of nitrogens with one attached hydrogen (secondary N) is 1. The van der Waals surface area contributed by atoms with Crippen LogP contribution >= 0.6 is 0 Å². The summed E-state index contributed by atoms with van der Waals surface area (Å²) in [6.45, 7) is 5.18. The molecule has 0 unspecified atom stereocenters. The third kappa shape index (κ3) is 6.25. The molecule has 3 N–H and O–H groups in total. The van der Waals surface area contributed by atoms with E-state index in [-0.39, 0.29) is 11.9 Å². The van der Waals surface area contributed by atoms with Crippen LogP contribution in [0.4, 0.5) is 0 Å². The van der Waals surface area contributed by atoms with E-state index in [2.05, 4.69) is 12.2 Å². The fourth-order valence-corrected chi connectivity index (χ4v) is 1.64. The first-order chi connectivity index (χ1) is 9.15. The number of carbonyl (C=O) groups excluding carboxylic acids is 1. The van der Waals surface area contributed by atoms with Crippen LogP contribution in [0.2, 0.25) is 0 Å². The molecule has 0 aromatic heterocycles. The van der Waals surface area contributed by atoms with E-state index in [0.29, 0.717) is 13.0 Å². The monoisotopic (exact) mass is 264 g/mol. The molecular weight excluding hydrogens is 240 g/mol. The second kappa shape index (κ2) is 8.53. The fourth-order valence-electron chi connectivity index (χ4n) is 1.64. The van der Waals surface area contributed by atoms with Crippen molar-refractivity contribution in [1.29, 1.82) is 0 Å². The largest absolute Gasteiger partial charge is 0.494 e. The van der Waals surface area contributed by atoms with Crippen molar-refractivity contribution in [2.45, 2.75) is 39.2 Å². The molecule has 1 amide bonds. The van der Waals surface area contributed by atoms with Gasteiger partial charge in [-0.15, -0.1) is 0 Å². The van der Waals surface area contributed by atoms with Gasteiger partial charge in [-0.2, -0.15) is 0 Å². The Morgan fingerprint density at radius 3 is 2.63 bits per heavy atom. The Hall–Kier alpha value is -1.55. The molecule has 4 heteroatoms. The van der Waals surface area contributed by atoms with Crippen LogP contribution in [0.1, 0.15) is 32.3 Å². The Morgan fingerprint density at radius 1 is 1.37 bits per heavy atom. The molecule has 0 radical (unpaired) electrons. The first kappa shape index (κ1) is 15.5. The van der Waals surface area contributed by atoms with Crippen molar-refractivity contribution in [3.05, 3.63) is 29.8 Å². The molecule has 0 saturated heterocycles. The Balaban J connectivity index is 2.35. The first-order valence-electron chi connectivity index (χ1n) is 6.87. The molecule has 106 valence electrons. The Kier molecular flexibility index (Phi) is 6.97. The molecule has 1 aromatic carbocycles. The van der Waals surface area contributed by atoms with Crippen LogP contribution in [0.25, 0.3) is 0 Å². The van der Waals surface area contributed by atoms with E-state index in [4.69, 9.17) is 10.5 Å². The molecular formula is C15H24N2O2. The first-order valence-corrected chi connectivity index (χ1v) is 6.87. The molecule has 0 bridgehead atoms. The zero-order valence-electron chi connectivity index (χ0n) is 11.8. The van der Waals surface area contributed by atoms with Crippen LogP contribution in [0.3, 0.4) is 0 Å². The molecule has 1 rings (SSSR count). The van der Waals surface area contributed by atoms with E-state index < -0.39 is 0 Å². The number of hydrogen-bond donors (Lipinski definition) is 2. The number of hydrogen-bond acceptors (Lipinski definition) is 3. The average molecular weight is 264 g/mol. The molecule has 19 heavy (non-hydrogen) atoms. The predicted molar refractivity (Wildman–Crippen MR) is 77.2 cm³/mol. The maximum Gasteiger partial charge on any atom is 0.220 e. The number of rotatable bonds is 8. The predicted octanol–water partition coefficient (Wildman–Crippen LogP) is 1.87. The standard InChI is InChI=1S/C15H24N2O2/c1-3-10-19-14-7-4-13(5-8-14)6-9-15(18)17-12(2)11-16/h4-5,7-8,12H,3,6,9-11,16H2,1-2H3,(H,17,18)/t12-/m0/s1. The van der Waals surface area contributed by atoms with Gasteiger partial charge in [-0.3, -0.25) is 4.79 Å². The third-order valence-corrected chi connectivity index (χ3v) is 2.80. The van der Waals surface area contributed by atoms with E-state index >= 15 is 0 Å². The highest BCUT2D eigenvalue weighted by atomic mass is 16.5. The third-order valence-electron chi connectivity index (χ3n) is 2.80. The summed E-state index contributed by atoms with van der Waals surface area (Å²) >= 11 is 0. The molecule has 0 aliphatic heterocycles. The molecule has 0 spiro atoms. The molecule has 1 aromatic rings. The minimum absolute atomic E-state index is 0.0392. The number of nitrogens with two attached hydrogens (primary N) is 1. The van der Waals surface area contributed by atoms with Gasteiger partial charge in [0.1, 0.15) is 5.75 Å². The van der Waals surface area contributed by atoms with Gasteiger partial charge in [0.05, 0.1) is 6.61 Å². The van der Waals surface area contributed by atoms with Crippen LogP contribution < -0.4 is 15.8 Å². The number of benzene rings is 1. The lowest BCUT2D eigenvalue weighted by Gasteiger charge is -2.11. The molecule has 0 aliphatic rings. The van der Waals surface area contributed by atoms with Crippen LogP contribution in [0.5, 0.6) is 5.75 Å². The van der Waals surface area contributed by atoms with Crippen molar-refractivity contribution in [3.63, 3.8) is 0 Å². The maximum atomic E-state index is 11.6. The lowest BCUT2D eigenvalue weighted by atomic mass is 10.1. The normalized spacial score (nSPS) is 11.9. The van der Waals surface area contributed by atoms with Crippen LogP contribution in [0.15, 0.2) is 24.3 Å². The summed E-state index contributed by atoms with van der Waals surface area (Å²) in [5.74, 6) is 0.927. The zero-order valence-corrected chi connectivity index (χ0v) is 11.8. The van der Waals surface area contributed by atoms with Crippen molar-refractivity contribution in [2.75, 3.05) is 13.2 Å². The number of carbonyl (C=O) groups is 1. The minimum atomic E-state index is 0.0392. The molecule has 0 aliphatic carbocycles. The highest BCUT2D eigenvalue weighted by Crippen LogP contribution is 2.13. The number of amides is 1. The van der Waals surface area contributed by atoms with Gasteiger partial charge in [-0.1, -0.05) is 19.1 Å². The van der Waals surface area contributed by atoms with Crippen molar-refractivity contribution in [2.24, 2.45) is 5.73 Å². The lowest BCUT2D eigenvalue weighted by molar-refractivity contribution is -0.121. The van der Waals surface area contributed by atoms with E-state index in [9.17, 15) is 4.79 Å². The van der Waals surface area contributed by atoms with Gasteiger partial charge in [-0.05, 0) is 37.5 Å². The van der Waals surface area contributed by atoms with Crippen molar-refractivity contribution in [3.8, 4) is 5.75 Å². The second-order valence-corrected chi connectivity index (χ2v) is 4.70. The summed E-state index contributed by atoms with van der Waals surface area (Å²) in [4.78, 5) is 11.6. The van der Waals surface area contributed by atoms with Crippen LogP contribution in [0, 0.1) is 0 Å². The Labute approximate surface area is 115 Å². The summed E-state index contributed by atoms with van der Waals surface area (Å²) in [5.41, 5.74) is 6.59. The van der Waals surface area contributed by atoms with E-state index in [1.54, 1.807) is 0 Å². The van der Waals surface area contributed by atoms with Gasteiger partial charge in [0.25, 0.3) is 0 Å². The SMILES string of the molecule is CCCOc1ccc(CCC(=O)N[C@@H](C)CN)cc1. The highest BCUT2D eigenvalue weighted by molar-refractivity contribution is 5.76. The second-order valence-electron chi connectivity index (χ2n) is 4.70. The fraction of sp³-hybridized carbons (Fsp3) is 0.533. The van der Waals surface area contributed by atoms with Crippen molar-refractivity contribution >= 4 is 5.91 Å². The quantitative estimate of drug-likeness (QED) is 0.753. The van der Waals surface area contributed by atoms with E-state index in [1.165, 1.54) is 0 Å². The summed E-state index contributed by atoms with van der Waals surface area (Å²) in [6, 6.07) is 7.95. The van der Waals surface area contributed by atoms with Gasteiger partial charge in [0.2, 0.25) is 5.91 Å². The molecule has 0 heterocycles. The van der Waals surface area contributed by atoms with Gasteiger partial charge in [-0.25, -0.2) is 0 Å². The number of ether oxygens (including phenoxy) is 1. The minimum Gasteiger partial charge on any atom is -0.494 e. The van der Waals surface area contributed by atoms with E-state index in [1.807, 2.05) is 31.2 Å². The van der Waals surface area contributed by atoms with E-state index in [0.717, 1.165) is 30.8 Å². The highest BCUT2D eigenvalue weighted by Gasteiger charge is 2.05. The van der Waals surface area contributed by atoms with Gasteiger partial charge in [0.15, 0.2) is 0 Å². The molecule has 4 nitrogen and oxygen atoms in total. The van der Waals surface area contributed by atoms with Crippen LogP contribution in [-0.2, 0) is 11.2 Å². The zero-order chi connectivity index (χ0) is 14.1. The van der Waals surface area contributed by atoms with Gasteiger partial charge in [0, 0.05) is 19.0 Å². The molecule has 0 fully saturated rings. The average Bonchev–Trinajstić information content (AvgIpc) is 2.43. The Bertz CT molecular complexity index is 376. The smallest absolute Gasteiger partial charge is 0.220 e. The maximum absolute atomic E-state index is 11.6. The summed E-state index contributed by atoms with van der Waals surface area (Å²) in [7, 11) is 0. The lowest BCUT2D eigenvalue weighted by Crippen LogP contribution is -2.37. The topological polar surface area (TPSA) is 64.3 Å². The summed E-state index contributed by atoms with van der Waals surface area (Å²) in [6.07, 6.45) is 2.22. The van der Waals surface area contributed by atoms with Crippen molar-refractivity contribution in [1.82, 2.24) is 5.32 Å². The van der Waals surface area contributed by atoms with Crippen LogP contribution in [-0.4, -0.2) is 25.1 Å². The molecule has 1 atom stereocenters. The van der Waals surface area contributed by atoms with Gasteiger partial charge >= 0.3 is 0 Å². The summed E-state index contributed by atoms with van der Waals surface area (Å²) in [5, 5.41) is 2.85. The van der Waals surface area contributed by atoms with Crippen molar-refractivity contribution < 1.29 is 9.53 Å².